The predicted octanol–water partition coefficient (Wildman–Crippen LogP) is 2.61. The minimum atomic E-state index is 0.792. The Kier molecular flexibility index (Phi) is 2.54. The largest absolute Gasteiger partial charge is 0.264 e. The van der Waals surface area contributed by atoms with Crippen molar-refractivity contribution < 1.29 is 0 Å². The van der Waals surface area contributed by atoms with E-state index in [-0.39, 0.29) is 0 Å². The smallest absolute Gasteiger partial charge is 0.117 e. The Morgan fingerprint density at radius 1 is 1.14 bits per heavy atom. The van der Waals surface area contributed by atoms with Crippen LogP contribution >= 0.6 is 15.9 Å². The van der Waals surface area contributed by atoms with E-state index in [2.05, 4.69) is 36.9 Å². The summed E-state index contributed by atoms with van der Waals surface area (Å²) in [5, 5.41) is 0. The van der Waals surface area contributed by atoms with Crippen molar-refractivity contribution in [3.05, 3.63) is 41.2 Å². The quantitative estimate of drug-likeness (QED) is 0.730. The molecule has 0 atom stereocenters. The molecule has 0 aromatic carbocycles. The fourth-order valence-corrected chi connectivity index (χ4v) is 1.63. The van der Waals surface area contributed by atoms with Gasteiger partial charge in [0.05, 0.1) is 0 Å². The van der Waals surface area contributed by atoms with Gasteiger partial charge in [0.15, 0.2) is 0 Å². The van der Waals surface area contributed by atoms with Gasteiger partial charge in [0.25, 0.3) is 0 Å². The molecule has 0 spiro atoms. The van der Waals surface area contributed by atoms with Gasteiger partial charge in [0.1, 0.15) is 10.9 Å². The summed E-state index contributed by atoms with van der Waals surface area (Å²) in [6.45, 7) is 2.01. The second-order valence-corrected chi connectivity index (χ2v) is 3.73. The summed E-state index contributed by atoms with van der Waals surface area (Å²) in [5.41, 5.74) is 3.11. The summed E-state index contributed by atoms with van der Waals surface area (Å²) >= 11 is 3.38. The average molecular weight is 250 g/mol. The van der Waals surface area contributed by atoms with Gasteiger partial charge in [-0.1, -0.05) is 0 Å². The molecule has 0 saturated heterocycles. The monoisotopic (exact) mass is 249 g/mol. The Morgan fingerprint density at radius 3 is 2.71 bits per heavy atom. The highest BCUT2D eigenvalue weighted by molar-refractivity contribution is 9.10. The van der Waals surface area contributed by atoms with Crippen LogP contribution in [0, 0.1) is 6.92 Å². The van der Waals surface area contributed by atoms with Gasteiger partial charge in [0.2, 0.25) is 0 Å². The number of aryl methyl sites for hydroxylation is 1. The number of hydrogen-bond donors (Lipinski definition) is 0. The maximum absolute atomic E-state index is 4.13. The lowest BCUT2D eigenvalue weighted by atomic mass is 10.1. The third kappa shape index (κ3) is 1.80. The van der Waals surface area contributed by atoms with Gasteiger partial charge in [-0.2, -0.15) is 0 Å². The number of aromatic nitrogens is 3. The van der Waals surface area contributed by atoms with Crippen molar-refractivity contribution >= 4 is 15.9 Å². The lowest BCUT2D eigenvalue weighted by molar-refractivity contribution is 1.14. The molecule has 0 aliphatic heterocycles. The summed E-state index contributed by atoms with van der Waals surface area (Å²) < 4.78 is 0.792. The third-order valence-corrected chi connectivity index (χ3v) is 2.48. The molecule has 70 valence electrons. The first kappa shape index (κ1) is 9.27. The first-order valence-electron chi connectivity index (χ1n) is 4.15. The van der Waals surface area contributed by atoms with Crippen LogP contribution in [-0.2, 0) is 0 Å². The summed E-state index contributed by atoms with van der Waals surface area (Å²) in [6, 6.07) is 2.05. The van der Waals surface area contributed by atoms with E-state index in [9.17, 15) is 0 Å². The first-order chi connectivity index (χ1) is 6.77. The summed E-state index contributed by atoms with van der Waals surface area (Å²) in [6.07, 6.45) is 6.90. The minimum absolute atomic E-state index is 0.792. The summed E-state index contributed by atoms with van der Waals surface area (Å²) in [5.74, 6) is 0. The molecule has 0 aliphatic rings. The Bertz CT molecular complexity index is 457. The molecule has 0 N–H and O–H groups in total. The van der Waals surface area contributed by atoms with E-state index in [0.717, 1.165) is 21.3 Å². The molecule has 2 heterocycles. The van der Waals surface area contributed by atoms with Crippen molar-refractivity contribution in [2.24, 2.45) is 0 Å². The second-order valence-electron chi connectivity index (χ2n) is 2.98. The predicted molar refractivity (Wildman–Crippen MR) is 57.7 cm³/mol. The van der Waals surface area contributed by atoms with E-state index >= 15 is 0 Å². The maximum atomic E-state index is 4.13. The van der Waals surface area contributed by atoms with Crippen molar-refractivity contribution in [1.82, 2.24) is 15.0 Å². The van der Waals surface area contributed by atoms with Gasteiger partial charge < -0.3 is 0 Å². The van der Waals surface area contributed by atoms with Crippen molar-refractivity contribution in [2.75, 3.05) is 0 Å². The molecule has 0 radical (unpaired) electrons. The van der Waals surface area contributed by atoms with Gasteiger partial charge in [-0.05, 0) is 34.5 Å². The Labute approximate surface area is 90.4 Å². The van der Waals surface area contributed by atoms with Crippen molar-refractivity contribution in [1.29, 1.82) is 0 Å². The second kappa shape index (κ2) is 3.84. The van der Waals surface area contributed by atoms with E-state index < -0.39 is 0 Å². The van der Waals surface area contributed by atoms with E-state index in [1.807, 2.05) is 13.1 Å². The standard InChI is InChI=1S/C10H8BrN3/c1-7-2-8(4-12-3-7)9-5-13-6-14-10(9)11/h2-6H,1H3. The van der Waals surface area contributed by atoms with Gasteiger partial charge >= 0.3 is 0 Å². The van der Waals surface area contributed by atoms with Crippen molar-refractivity contribution in [2.45, 2.75) is 6.92 Å². The molecular weight excluding hydrogens is 242 g/mol. The maximum Gasteiger partial charge on any atom is 0.117 e. The van der Waals surface area contributed by atoms with Crippen molar-refractivity contribution in [3.8, 4) is 11.1 Å². The number of pyridine rings is 1. The number of hydrogen-bond acceptors (Lipinski definition) is 3. The van der Waals surface area contributed by atoms with Crippen LogP contribution in [0.4, 0.5) is 0 Å². The van der Waals surface area contributed by atoms with Gasteiger partial charge in [-0.25, -0.2) is 9.97 Å². The van der Waals surface area contributed by atoms with Crippen LogP contribution in [0.5, 0.6) is 0 Å². The minimum Gasteiger partial charge on any atom is -0.264 e. The molecule has 2 aromatic rings. The lowest BCUT2D eigenvalue weighted by Gasteiger charge is -2.02. The number of nitrogens with zero attached hydrogens (tertiary/aromatic N) is 3. The van der Waals surface area contributed by atoms with Crippen LogP contribution in [0.1, 0.15) is 5.56 Å². The van der Waals surface area contributed by atoms with Crippen LogP contribution in [0.25, 0.3) is 11.1 Å². The van der Waals surface area contributed by atoms with Crippen molar-refractivity contribution in [3.63, 3.8) is 0 Å². The molecule has 0 bridgehead atoms. The van der Waals surface area contributed by atoms with Crippen LogP contribution in [0.3, 0.4) is 0 Å². The Balaban J connectivity index is 2.55. The first-order valence-corrected chi connectivity index (χ1v) is 4.94. The zero-order chi connectivity index (χ0) is 9.97. The molecule has 0 fully saturated rings. The number of halogens is 1. The van der Waals surface area contributed by atoms with E-state index in [1.165, 1.54) is 6.33 Å². The highest BCUT2D eigenvalue weighted by atomic mass is 79.9. The molecule has 2 rings (SSSR count). The molecule has 0 unspecified atom stereocenters. The molecule has 4 heteroatoms. The van der Waals surface area contributed by atoms with Crippen LogP contribution in [0.2, 0.25) is 0 Å². The molecule has 0 saturated carbocycles. The third-order valence-electron chi connectivity index (χ3n) is 1.85. The van der Waals surface area contributed by atoms with E-state index in [4.69, 9.17) is 0 Å². The number of rotatable bonds is 1. The zero-order valence-electron chi connectivity index (χ0n) is 7.61. The highest BCUT2D eigenvalue weighted by Gasteiger charge is 2.03. The van der Waals surface area contributed by atoms with E-state index in [1.54, 1.807) is 12.4 Å². The van der Waals surface area contributed by atoms with Gasteiger partial charge in [-0.15, -0.1) is 0 Å². The van der Waals surface area contributed by atoms with Crippen LogP contribution < -0.4 is 0 Å². The fourth-order valence-electron chi connectivity index (χ4n) is 1.21. The lowest BCUT2D eigenvalue weighted by Crippen LogP contribution is -1.87. The molecular formula is C10H8BrN3. The SMILES string of the molecule is Cc1cncc(-c2cncnc2Br)c1. The van der Waals surface area contributed by atoms with Gasteiger partial charge in [0, 0.05) is 29.7 Å². The summed E-state index contributed by atoms with van der Waals surface area (Å²) in [4.78, 5) is 12.2. The average Bonchev–Trinajstić information content (AvgIpc) is 2.18. The molecule has 14 heavy (non-hydrogen) atoms. The van der Waals surface area contributed by atoms with Crippen LogP contribution in [-0.4, -0.2) is 15.0 Å². The van der Waals surface area contributed by atoms with E-state index in [0.29, 0.717) is 0 Å². The zero-order valence-corrected chi connectivity index (χ0v) is 9.19. The van der Waals surface area contributed by atoms with Crippen LogP contribution in [0.15, 0.2) is 35.6 Å². The fraction of sp³-hybridized carbons (Fsp3) is 0.100. The molecule has 3 nitrogen and oxygen atoms in total. The molecule has 0 aliphatic carbocycles. The highest BCUT2D eigenvalue weighted by Crippen LogP contribution is 2.24. The molecule has 0 amide bonds. The normalized spacial score (nSPS) is 10.1. The topological polar surface area (TPSA) is 38.7 Å². The Hall–Kier alpha value is -1.29. The summed E-state index contributed by atoms with van der Waals surface area (Å²) in [7, 11) is 0. The Morgan fingerprint density at radius 2 is 2.00 bits per heavy atom. The van der Waals surface area contributed by atoms with Gasteiger partial charge in [-0.3, -0.25) is 4.98 Å². The molecule has 2 aromatic heterocycles.